The lowest BCUT2D eigenvalue weighted by Gasteiger charge is -1.98. The summed E-state index contributed by atoms with van der Waals surface area (Å²) >= 11 is 0. The summed E-state index contributed by atoms with van der Waals surface area (Å²) in [7, 11) is 0. The van der Waals surface area contributed by atoms with Gasteiger partial charge < -0.3 is 4.74 Å². The van der Waals surface area contributed by atoms with E-state index in [2.05, 4.69) is 23.8 Å². The Balaban J connectivity index is 2.97. The Labute approximate surface area is 93.7 Å². The largest absolute Gasteiger partial charge is 0.468 e. The summed E-state index contributed by atoms with van der Waals surface area (Å²) < 4.78 is 4.61. The number of carbonyl (C=O) groups is 1. The van der Waals surface area contributed by atoms with Gasteiger partial charge in [0.05, 0.1) is 6.61 Å². The number of carbonyl (C=O) groups excluding carboxylic acids is 1. The van der Waals surface area contributed by atoms with E-state index in [9.17, 15) is 4.79 Å². The van der Waals surface area contributed by atoms with E-state index < -0.39 is 0 Å². The summed E-state index contributed by atoms with van der Waals surface area (Å²) in [5, 5.41) is 0. The van der Waals surface area contributed by atoms with Gasteiger partial charge in [0.2, 0.25) is 0 Å². The highest BCUT2D eigenvalue weighted by molar-refractivity contribution is 5.36. The lowest BCUT2D eigenvalue weighted by atomic mass is 10.1. The van der Waals surface area contributed by atoms with Gasteiger partial charge in [-0.15, -0.1) is 0 Å². The van der Waals surface area contributed by atoms with Crippen LogP contribution in [0, 0.1) is 0 Å². The molecule has 0 saturated heterocycles. The van der Waals surface area contributed by atoms with E-state index in [-0.39, 0.29) is 0 Å². The number of rotatable bonds is 11. The van der Waals surface area contributed by atoms with Gasteiger partial charge in [0.25, 0.3) is 6.47 Å². The smallest absolute Gasteiger partial charge is 0.293 e. The van der Waals surface area contributed by atoms with Crippen LogP contribution in [0.1, 0.15) is 58.3 Å². The monoisotopic (exact) mass is 212 g/mol. The van der Waals surface area contributed by atoms with E-state index >= 15 is 0 Å². The van der Waals surface area contributed by atoms with Crippen molar-refractivity contribution in [1.29, 1.82) is 0 Å². The Morgan fingerprint density at radius 1 is 0.933 bits per heavy atom. The van der Waals surface area contributed by atoms with Crippen LogP contribution >= 0.6 is 0 Å². The first kappa shape index (κ1) is 14.2. The quantitative estimate of drug-likeness (QED) is 0.295. The Hall–Kier alpha value is -0.790. The molecular formula is C13H24O2. The molecule has 0 amide bonds. The highest BCUT2D eigenvalue weighted by atomic mass is 16.5. The van der Waals surface area contributed by atoms with E-state index in [0.717, 1.165) is 12.8 Å². The standard InChI is InChI=1S/C13H24O2/c1-2-3-4-5-6-7-8-9-10-11-12-15-13-14/h5-6,13H,2-4,7-12H2,1H3/b6-5+. The van der Waals surface area contributed by atoms with Gasteiger partial charge in [-0.1, -0.05) is 44.8 Å². The minimum absolute atomic E-state index is 0.524. The first-order chi connectivity index (χ1) is 7.41. The van der Waals surface area contributed by atoms with Gasteiger partial charge in [-0.3, -0.25) is 4.79 Å². The number of ether oxygens (including phenoxy) is 1. The Morgan fingerprint density at radius 3 is 2.27 bits per heavy atom. The maximum absolute atomic E-state index is 9.83. The van der Waals surface area contributed by atoms with Crippen LogP contribution in [0.15, 0.2) is 12.2 Å². The minimum atomic E-state index is 0.524. The van der Waals surface area contributed by atoms with E-state index in [4.69, 9.17) is 0 Å². The molecule has 0 aromatic rings. The molecule has 2 nitrogen and oxygen atoms in total. The first-order valence-electron chi connectivity index (χ1n) is 6.12. The van der Waals surface area contributed by atoms with Gasteiger partial charge in [-0.25, -0.2) is 0 Å². The molecule has 0 aliphatic rings. The van der Waals surface area contributed by atoms with Crippen molar-refractivity contribution in [2.45, 2.75) is 58.3 Å². The molecule has 0 spiro atoms. The molecule has 88 valence electrons. The summed E-state index contributed by atoms with van der Waals surface area (Å²) in [5.74, 6) is 0. The predicted octanol–water partition coefficient (Wildman–Crippen LogP) is 3.86. The predicted molar refractivity (Wildman–Crippen MR) is 63.8 cm³/mol. The molecule has 0 radical (unpaired) electrons. The molecule has 0 heterocycles. The SMILES string of the molecule is CCCC/C=C/CCCCCCOC=O. The Morgan fingerprint density at radius 2 is 1.60 bits per heavy atom. The Kier molecular flexibility index (Phi) is 12.5. The van der Waals surface area contributed by atoms with Crippen molar-refractivity contribution in [3.05, 3.63) is 12.2 Å². The van der Waals surface area contributed by atoms with Gasteiger partial charge in [0.15, 0.2) is 0 Å². The van der Waals surface area contributed by atoms with Crippen LogP contribution in [-0.2, 0) is 9.53 Å². The van der Waals surface area contributed by atoms with Crippen molar-refractivity contribution >= 4 is 6.47 Å². The Bertz CT molecular complexity index is 153. The van der Waals surface area contributed by atoms with Crippen molar-refractivity contribution in [3.8, 4) is 0 Å². The maximum Gasteiger partial charge on any atom is 0.293 e. The third-order valence-electron chi connectivity index (χ3n) is 2.34. The molecule has 0 aromatic carbocycles. The number of hydrogen-bond acceptors (Lipinski definition) is 2. The van der Waals surface area contributed by atoms with Crippen molar-refractivity contribution in [3.63, 3.8) is 0 Å². The van der Waals surface area contributed by atoms with Gasteiger partial charge in [-0.05, 0) is 25.7 Å². The third kappa shape index (κ3) is 13.2. The molecule has 15 heavy (non-hydrogen) atoms. The minimum Gasteiger partial charge on any atom is -0.468 e. The fraction of sp³-hybridized carbons (Fsp3) is 0.769. The molecule has 0 bridgehead atoms. The number of allylic oxidation sites excluding steroid dienone is 2. The van der Waals surface area contributed by atoms with Crippen LogP contribution in [0.4, 0.5) is 0 Å². The number of unbranched alkanes of at least 4 members (excludes halogenated alkanes) is 6. The van der Waals surface area contributed by atoms with Crippen LogP contribution in [0.5, 0.6) is 0 Å². The van der Waals surface area contributed by atoms with Gasteiger partial charge in [0.1, 0.15) is 0 Å². The molecular weight excluding hydrogens is 188 g/mol. The molecule has 0 fully saturated rings. The second-order valence-electron chi connectivity index (χ2n) is 3.78. The molecule has 0 atom stereocenters. The molecule has 0 aliphatic heterocycles. The first-order valence-corrected chi connectivity index (χ1v) is 6.12. The van der Waals surface area contributed by atoms with E-state index in [1.807, 2.05) is 0 Å². The lowest BCUT2D eigenvalue weighted by molar-refractivity contribution is -0.128. The van der Waals surface area contributed by atoms with Crippen molar-refractivity contribution < 1.29 is 9.53 Å². The fourth-order valence-corrected chi connectivity index (χ4v) is 1.41. The maximum atomic E-state index is 9.83. The summed E-state index contributed by atoms with van der Waals surface area (Å²) in [4.78, 5) is 9.83. The van der Waals surface area contributed by atoms with Crippen LogP contribution in [0.3, 0.4) is 0 Å². The third-order valence-corrected chi connectivity index (χ3v) is 2.34. The zero-order chi connectivity index (χ0) is 11.2. The summed E-state index contributed by atoms with van der Waals surface area (Å²) in [6, 6.07) is 0. The molecule has 0 aliphatic carbocycles. The van der Waals surface area contributed by atoms with Crippen molar-refractivity contribution in [1.82, 2.24) is 0 Å². The van der Waals surface area contributed by atoms with E-state index in [0.29, 0.717) is 13.1 Å². The number of hydrogen-bond donors (Lipinski definition) is 0. The van der Waals surface area contributed by atoms with Gasteiger partial charge in [-0.2, -0.15) is 0 Å². The highest BCUT2D eigenvalue weighted by Gasteiger charge is 1.89. The molecule has 0 rings (SSSR count). The fourth-order valence-electron chi connectivity index (χ4n) is 1.41. The highest BCUT2D eigenvalue weighted by Crippen LogP contribution is 2.04. The summed E-state index contributed by atoms with van der Waals surface area (Å²) in [5.41, 5.74) is 0. The van der Waals surface area contributed by atoms with Gasteiger partial charge in [0, 0.05) is 0 Å². The second kappa shape index (κ2) is 13.2. The topological polar surface area (TPSA) is 26.3 Å². The molecule has 2 heteroatoms. The van der Waals surface area contributed by atoms with Crippen LogP contribution in [0.2, 0.25) is 0 Å². The van der Waals surface area contributed by atoms with Crippen LogP contribution in [-0.4, -0.2) is 13.1 Å². The van der Waals surface area contributed by atoms with Crippen LogP contribution < -0.4 is 0 Å². The van der Waals surface area contributed by atoms with E-state index in [1.165, 1.54) is 38.5 Å². The molecule has 0 N–H and O–H groups in total. The second-order valence-corrected chi connectivity index (χ2v) is 3.78. The lowest BCUT2D eigenvalue weighted by Crippen LogP contribution is -1.90. The van der Waals surface area contributed by atoms with Crippen LogP contribution in [0.25, 0.3) is 0 Å². The molecule has 0 aromatic heterocycles. The molecule has 0 saturated carbocycles. The average Bonchev–Trinajstić information content (AvgIpc) is 2.26. The van der Waals surface area contributed by atoms with E-state index in [1.54, 1.807) is 0 Å². The molecule has 0 unspecified atom stereocenters. The summed E-state index contributed by atoms with van der Waals surface area (Å²) in [6.45, 7) is 3.32. The van der Waals surface area contributed by atoms with Gasteiger partial charge >= 0.3 is 0 Å². The van der Waals surface area contributed by atoms with Crippen molar-refractivity contribution in [2.24, 2.45) is 0 Å². The average molecular weight is 212 g/mol. The normalized spacial score (nSPS) is 10.7. The van der Waals surface area contributed by atoms with Crippen molar-refractivity contribution in [2.75, 3.05) is 6.61 Å². The zero-order valence-electron chi connectivity index (χ0n) is 9.91. The zero-order valence-corrected chi connectivity index (χ0v) is 9.91. The summed E-state index contributed by atoms with van der Waals surface area (Å²) in [6.07, 6.45) is 14.2.